The van der Waals surface area contributed by atoms with Crippen molar-refractivity contribution in [2.45, 2.75) is 32.1 Å². The minimum absolute atomic E-state index is 0.196. The summed E-state index contributed by atoms with van der Waals surface area (Å²) in [5, 5.41) is 3.25. The van der Waals surface area contributed by atoms with Crippen LogP contribution < -0.4 is 5.32 Å². The van der Waals surface area contributed by atoms with E-state index in [4.69, 9.17) is 0 Å². The van der Waals surface area contributed by atoms with E-state index in [1.807, 2.05) is 0 Å². The lowest BCUT2D eigenvalue weighted by Gasteiger charge is -2.38. The van der Waals surface area contributed by atoms with Crippen LogP contribution >= 0.6 is 11.8 Å². The van der Waals surface area contributed by atoms with Crippen molar-refractivity contribution in [2.75, 3.05) is 17.6 Å². The molecule has 0 atom stereocenters. The molecule has 1 aromatic rings. The fraction of sp³-hybridized carbons (Fsp3) is 0.533. The number of anilines is 1. The van der Waals surface area contributed by atoms with Crippen molar-refractivity contribution in [3.8, 4) is 0 Å². The molecule has 0 saturated heterocycles. The van der Waals surface area contributed by atoms with Crippen molar-refractivity contribution in [1.82, 2.24) is 0 Å². The van der Waals surface area contributed by atoms with Crippen LogP contribution in [0.3, 0.4) is 0 Å². The van der Waals surface area contributed by atoms with Gasteiger partial charge >= 0.3 is 0 Å². The molecule has 0 radical (unpaired) electrons. The van der Waals surface area contributed by atoms with Gasteiger partial charge < -0.3 is 5.32 Å². The fourth-order valence-electron chi connectivity index (χ4n) is 2.99. The second-order valence-electron chi connectivity index (χ2n) is 5.84. The number of hydrogen-bond acceptors (Lipinski definition) is 3. The fourth-order valence-corrected chi connectivity index (χ4v) is 4.16. The molecule has 6 heteroatoms. The van der Waals surface area contributed by atoms with Crippen molar-refractivity contribution >= 4 is 22.6 Å². The zero-order valence-corrected chi connectivity index (χ0v) is 12.4. The summed E-state index contributed by atoms with van der Waals surface area (Å²) in [6, 6.07) is 1.49. The van der Waals surface area contributed by atoms with Crippen LogP contribution in [0.15, 0.2) is 17.1 Å². The third-order valence-corrected chi connectivity index (χ3v) is 5.48. The maximum Gasteiger partial charge on any atom is 0.182 e. The third kappa shape index (κ3) is 3.20. The number of aliphatic imine (C=N–C) groups is 1. The monoisotopic (exact) mass is 314 g/mol. The highest BCUT2D eigenvalue weighted by molar-refractivity contribution is 8.14. The smallest absolute Gasteiger partial charge is 0.182 e. The van der Waals surface area contributed by atoms with Crippen molar-refractivity contribution in [1.29, 1.82) is 0 Å². The van der Waals surface area contributed by atoms with Crippen LogP contribution in [-0.2, 0) is 0 Å². The predicted octanol–water partition coefficient (Wildman–Crippen LogP) is 4.57. The van der Waals surface area contributed by atoms with Crippen molar-refractivity contribution in [3.05, 3.63) is 29.6 Å². The lowest BCUT2D eigenvalue weighted by molar-refractivity contribution is 0.232. The van der Waals surface area contributed by atoms with Gasteiger partial charge in [-0.1, -0.05) is 31.0 Å². The number of hydrogen-bond donors (Lipinski definition) is 1. The molecule has 1 aliphatic heterocycles. The van der Waals surface area contributed by atoms with Crippen molar-refractivity contribution in [3.63, 3.8) is 0 Å². The van der Waals surface area contributed by atoms with Crippen LogP contribution in [0.5, 0.6) is 0 Å². The number of benzene rings is 1. The van der Waals surface area contributed by atoms with Gasteiger partial charge in [0.2, 0.25) is 0 Å². The predicted molar refractivity (Wildman–Crippen MR) is 80.2 cm³/mol. The average Bonchev–Trinajstić information content (AvgIpc) is 2.48. The van der Waals surface area contributed by atoms with Gasteiger partial charge in [0.15, 0.2) is 16.8 Å². The number of amidine groups is 1. The second-order valence-corrected chi connectivity index (χ2v) is 6.81. The summed E-state index contributed by atoms with van der Waals surface area (Å²) in [6.07, 6.45) is 6.12. The molecule has 1 aliphatic carbocycles. The Hall–Kier alpha value is -1.17. The minimum atomic E-state index is -1.19. The molecule has 1 fully saturated rings. The van der Waals surface area contributed by atoms with E-state index in [1.165, 1.54) is 43.9 Å². The molecular weight excluding hydrogens is 297 g/mol. The molecule has 0 aromatic heterocycles. The molecule has 2 nitrogen and oxygen atoms in total. The summed E-state index contributed by atoms with van der Waals surface area (Å²) in [4.78, 5) is 4.46. The quantitative estimate of drug-likeness (QED) is 0.768. The molecule has 0 amide bonds. The molecule has 2 aliphatic rings. The van der Waals surface area contributed by atoms with Crippen LogP contribution in [0.4, 0.5) is 18.9 Å². The lowest BCUT2D eigenvalue weighted by atomic mass is 9.75. The Kier molecular flexibility index (Phi) is 4.15. The molecule has 1 aromatic carbocycles. The van der Waals surface area contributed by atoms with Gasteiger partial charge in [0.25, 0.3) is 0 Å². The van der Waals surface area contributed by atoms with Crippen molar-refractivity contribution in [2.24, 2.45) is 10.4 Å². The normalized spacial score (nSPS) is 21.2. The summed E-state index contributed by atoms with van der Waals surface area (Å²) < 4.78 is 39.9. The number of halogens is 3. The maximum atomic E-state index is 13.6. The molecule has 1 heterocycles. The van der Waals surface area contributed by atoms with Crippen molar-refractivity contribution < 1.29 is 13.2 Å². The minimum Gasteiger partial charge on any atom is -0.332 e. The number of rotatable bonds is 1. The Morgan fingerprint density at radius 2 is 1.86 bits per heavy atom. The molecule has 0 bridgehead atoms. The Balaban J connectivity index is 1.72. The number of thioether (sulfide) groups is 1. The first-order chi connectivity index (χ1) is 10.1. The van der Waals surface area contributed by atoms with Gasteiger partial charge in [-0.3, -0.25) is 4.99 Å². The summed E-state index contributed by atoms with van der Waals surface area (Å²) in [7, 11) is 0. The van der Waals surface area contributed by atoms with Gasteiger partial charge in [-0.05, 0) is 18.3 Å². The Bertz CT molecular complexity index is 568. The third-order valence-electron chi connectivity index (χ3n) is 4.22. The molecule has 21 heavy (non-hydrogen) atoms. The number of nitrogens with one attached hydrogen (secondary N) is 1. The van der Waals surface area contributed by atoms with Gasteiger partial charge in [0.05, 0.1) is 5.69 Å². The molecule has 3 rings (SSSR count). The van der Waals surface area contributed by atoms with Crippen LogP contribution in [0.1, 0.15) is 32.1 Å². The topological polar surface area (TPSA) is 24.4 Å². The maximum absolute atomic E-state index is 13.6. The highest BCUT2D eigenvalue weighted by Gasteiger charge is 2.35. The summed E-state index contributed by atoms with van der Waals surface area (Å²) in [5.74, 6) is -2.14. The van der Waals surface area contributed by atoms with Crippen LogP contribution in [0, 0.1) is 22.9 Å². The van der Waals surface area contributed by atoms with E-state index in [2.05, 4.69) is 10.3 Å². The first-order valence-electron chi connectivity index (χ1n) is 7.17. The molecule has 0 unspecified atom stereocenters. The van der Waals surface area contributed by atoms with E-state index in [-0.39, 0.29) is 11.1 Å². The van der Waals surface area contributed by atoms with E-state index in [9.17, 15) is 13.2 Å². The van der Waals surface area contributed by atoms with E-state index in [1.54, 1.807) is 0 Å². The number of nitrogens with zero attached hydrogens (tertiary/aromatic N) is 1. The molecular formula is C15H17F3N2S. The van der Waals surface area contributed by atoms with E-state index < -0.39 is 17.5 Å². The zero-order chi connectivity index (χ0) is 14.9. The summed E-state index contributed by atoms with van der Waals surface area (Å²) in [6.45, 7) is 0.710. The standard InChI is InChI=1S/C15H17F3N2S/c16-10-6-11(17)13(18)12(7-10)20-14-19-8-15(9-21-14)4-2-1-3-5-15/h6-7H,1-5,8-9H2,(H,19,20). The van der Waals surface area contributed by atoms with E-state index in [0.29, 0.717) is 17.8 Å². The van der Waals surface area contributed by atoms with Gasteiger partial charge in [0.1, 0.15) is 5.82 Å². The Morgan fingerprint density at radius 3 is 2.52 bits per heavy atom. The zero-order valence-electron chi connectivity index (χ0n) is 11.6. The first-order valence-corrected chi connectivity index (χ1v) is 8.15. The molecule has 1 saturated carbocycles. The molecule has 114 valence electrons. The average molecular weight is 314 g/mol. The highest BCUT2D eigenvalue weighted by Crippen LogP contribution is 2.42. The first kappa shape index (κ1) is 14.8. The lowest BCUT2D eigenvalue weighted by Crippen LogP contribution is -2.35. The Morgan fingerprint density at radius 1 is 1.10 bits per heavy atom. The summed E-state index contributed by atoms with van der Waals surface area (Å²) in [5.41, 5.74) is 0.0677. The van der Waals surface area contributed by atoms with Crippen LogP contribution in [0.2, 0.25) is 0 Å². The summed E-state index contributed by atoms with van der Waals surface area (Å²) >= 11 is 1.51. The van der Waals surface area contributed by atoms with E-state index in [0.717, 1.165) is 11.8 Å². The van der Waals surface area contributed by atoms with Crippen LogP contribution in [0.25, 0.3) is 0 Å². The molecule has 1 spiro atoms. The second kappa shape index (κ2) is 5.91. The van der Waals surface area contributed by atoms with E-state index >= 15 is 0 Å². The molecule has 1 N–H and O–H groups in total. The van der Waals surface area contributed by atoms with Gasteiger partial charge in [0, 0.05) is 24.4 Å². The van der Waals surface area contributed by atoms with Gasteiger partial charge in [-0.15, -0.1) is 0 Å². The van der Waals surface area contributed by atoms with Gasteiger partial charge in [-0.2, -0.15) is 0 Å². The largest absolute Gasteiger partial charge is 0.332 e. The van der Waals surface area contributed by atoms with Crippen LogP contribution in [-0.4, -0.2) is 17.5 Å². The SMILES string of the molecule is Fc1cc(F)c(F)c(NC2=NCC3(CCCCC3)CS2)c1. The van der Waals surface area contributed by atoms with Gasteiger partial charge in [-0.25, -0.2) is 13.2 Å². The highest BCUT2D eigenvalue weighted by atomic mass is 32.2. The Labute approximate surface area is 126 Å².